The molecular formula is C16H24N2. The van der Waals surface area contributed by atoms with E-state index < -0.39 is 0 Å². The Bertz CT molecular complexity index is 384. The first-order chi connectivity index (χ1) is 8.71. The summed E-state index contributed by atoms with van der Waals surface area (Å²) in [5.41, 5.74) is 3.05. The molecule has 18 heavy (non-hydrogen) atoms. The van der Waals surface area contributed by atoms with Gasteiger partial charge >= 0.3 is 0 Å². The van der Waals surface area contributed by atoms with Crippen LogP contribution in [0.4, 0.5) is 0 Å². The zero-order chi connectivity index (χ0) is 12.2. The van der Waals surface area contributed by atoms with Crippen LogP contribution in [-0.4, -0.2) is 17.8 Å². The highest BCUT2D eigenvalue weighted by Gasteiger charge is 2.50. The van der Waals surface area contributed by atoms with Crippen molar-refractivity contribution in [1.29, 1.82) is 0 Å². The van der Waals surface area contributed by atoms with Crippen LogP contribution in [0.15, 0.2) is 16.8 Å². The van der Waals surface area contributed by atoms with E-state index in [2.05, 4.69) is 23.3 Å². The van der Waals surface area contributed by atoms with Gasteiger partial charge in [0.15, 0.2) is 0 Å². The SMILES string of the molecule is CC1=CCC(CNC23CC4CC(CC(C4)C2)C3)=N1. The molecule has 0 saturated heterocycles. The summed E-state index contributed by atoms with van der Waals surface area (Å²) < 4.78 is 0. The molecule has 0 radical (unpaired) electrons. The molecule has 5 rings (SSSR count). The second kappa shape index (κ2) is 3.93. The number of nitrogens with one attached hydrogen (secondary N) is 1. The van der Waals surface area contributed by atoms with Gasteiger partial charge < -0.3 is 5.32 Å². The van der Waals surface area contributed by atoms with Gasteiger partial charge in [0.25, 0.3) is 0 Å². The molecule has 4 saturated carbocycles. The van der Waals surface area contributed by atoms with Gasteiger partial charge in [0.1, 0.15) is 0 Å². The molecular weight excluding hydrogens is 220 g/mol. The van der Waals surface area contributed by atoms with E-state index in [1.54, 1.807) is 0 Å². The zero-order valence-electron chi connectivity index (χ0n) is 11.4. The average Bonchev–Trinajstić information content (AvgIpc) is 2.71. The molecule has 0 atom stereocenters. The van der Waals surface area contributed by atoms with Crippen molar-refractivity contribution in [3.63, 3.8) is 0 Å². The number of hydrogen-bond acceptors (Lipinski definition) is 2. The van der Waals surface area contributed by atoms with Crippen molar-refractivity contribution in [1.82, 2.24) is 5.32 Å². The van der Waals surface area contributed by atoms with Crippen LogP contribution in [0.3, 0.4) is 0 Å². The molecule has 4 aliphatic carbocycles. The molecule has 5 aliphatic rings. The highest BCUT2D eigenvalue weighted by Crippen LogP contribution is 2.55. The first kappa shape index (κ1) is 11.2. The lowest BCUT2D eigenvalue weighted by atomic mass is 9.53. The third-order valence-corrected chi connectivity index (χ3v) is 5.67. The van der Waals surface area contributed by atoms with E-state index in [0.717, 1.165) is 30.7 Å². The van der Waals surface area contributed by atoms with Gasteiger partial charge in [-0.1, -0.05) is 6.08 Å². The fraction of sp³-hybridized carbons (Fsp3) is 0.812. The standard InChI is InChI=1S/C16H24N2/c1-11-2-3-15(18-11)10-17-16-7-12-4-13(8-16)6-14(5-12)9-16/h2,12-14,17H,3-10H2,1H3. The Morgan fingerprint density at radius 1 is 1.17 bits per heavy atom. The van der Waals surface area contributed by atoms with Crippen molar-refractivity contribution in [3.05, 3.63) is 11.8 Å². The number of nitrogens with zero attached hydrogens (tertiary/aromatic N) is 1. The number of rotatable bonds is 3. The van der Waals surface area contributed by atoms with Crippen LogP contribution in [0.2, 0.25) is 0 Å². The highest BCUT2D eigenvalue weighted by molar-refractivity contribution is 5.90. The predicted molar refractivity (Wildman–Crippen MR) is 74.7 cm³/mol. The van der Waals surface area contributed by atoms with E-state index in [1.165, 1.54) is 49.9 Å². The Balaban J connectivity index is 1.44. The average molecular weight is 244 g/mol. The maximum Gasteiger partial charge on any atom is 0.0358 e. The first-order valence-electron chi connectivity index (χ1n) is 7.69. The smallest absolute Gasteiger partial charge is 0.0358 e. The largest absolute Gasteiger partial charge is 0.306 e. The Morgan fingerprint density at radius 3 is 2.28 bits per heavy atom. The molecule has 0 aromatic rings. The van der Waals surface area contributed by atoms with Crippen molar-refractivity contribution in [2.24, 2.45) is 22.7 Å². The van der Waals surface area contributed by atoms with Gasteiger partial charge in [0.2, 0.25) is 0 Å². The molecule has 0 unspecified atom stereocenters. The van der Waals surface area contributed by atoms with Gasteiger partial charge in [-0.25, -0.2) is 0 Å². The van der Waals surface area contributed by atoms with E-state index in [4.69, 9.17) is 0 Å². The van der Waals surface area contributed by atoms with Crippen molar-refractivity contribution < 1.29 is 0 Å². The molecule has 2 nitrogen and oxygen atoms in total. The molecule has 1 N–H and O–H groups in total. The molecule has 0 amide bonds. The molecule has 0 aromatic carbocycles. The van der Waals surface area contributed by atoms with Gasteiger partial charge in [-0.3, -0.25) is 4.99 Å². The van der Waals surface area contributed by atoms with Crippen LogP contribution >= 0.6 is 0 Å². The number of hydrogen-bond donors (Lipinski definition) is 1. The monoisotopic (exact) mass is 244 g/mol. The molecule has 1 heterocycles. The topological polar surface area (TPSA) is 24.4 Å². The lowest BCUT2D eigenvalue weighted by molar-refractivity contribution is -0.0173. The minimum atomic E-state index is 0.494. The third-order valence-electron chi connectivity index (χ3n) is 5.67. The van der Waals surface area contributed by atoms with Crippen LogP contribution in [0.25, 0.3) is 0 Å². The minimum Gasteiger partial charge on any atom is -0.306 e. The quantitative estimate of drug-likeness (QED) is 0.809. The Kier molecular flexibility index (Phi) is 2.45. The number of aliphatic imine (C=N–C) groups is 1. The Hall–Kier alpha value is -0.630. The molecule has 0 aromatic heterocycles. The Labute approximate surface area is 110 Å². The van der Waals surface area contributed by atoms with Crippen LogP contribution in [0.5, 0.6) is 0 Å². The molecule has 4 bridgehead atoms. The van der Waals surface area contributed by atoms with Gasteiger partial charge in [-0.05, 0) is 63.2 Å². The van der Waals surface area contributed by atoms with Crippen LogP contribution in [-0.2, 0) is 0 Å². The van der Waals surface area contributed by atoms with Crippen LogP contribution < -0.4 is 5.32 Å². The summed E-state index contributed by atoms with van der Waals surface area (Å²) in [6.07, 6.45) is 12.2. The van der Waals surface area contributed by atoms with Crippen LogP contribution in [0.1, 0.15) is 51.9 Å². The van der Waals surface area contributed by atoms with E-state index >= 15 is 0 Å². The van der Waals surface area contributed by atoms with Gasteiger partial charge in [-0.15, -0.1) is 0 Å². The van der Waals surface area contributed by atoms with Crippen molar-refractivity contribution >= 4 is 5.71 Å². The second-order valence-corrected chi connectivity index (χ2v) is 7.28. The maximum absolute atomic E-state index is 4.62. The molecule has 0 spiro atoms. The van der Waals surface area contributed by atoms with Crippen molar-refractivity contribution in [3.8, 4) is 0 Å². The number of allylic oxidation sites excluding steroid dienone is 2. The molecule has 4 fully saturated rings. The van der Waals surface area contributed by atoms with E-state index in [9.17, 15) is 0 Å². The summed E-state index contributed by atoms with van der Waals surface area (Å²) in [5.74, 6) is 3.11. The van der Waals surface area contributed by atoms with E-state index in [1.807, 2.05) is 0 Å². The van der Waals surface area contributed by atoms with Crippen LogP contribution in [0, 0.1) is 17.8 Å². The van der Waals surface area contributed by atoms with Crippen molar-refractivity contribution in [2.45, 2.75) is 57.4 Å². The highest BCUT2D eigenvalue weighted by atomic mass is 15.0. The Morgan fingerprint density at radius 2 is 1.78 bits per heavy atom. The van der Waals surface area contributed by atoms with E-state index in [0.29, 0.717) is 5.54 Å². The summed E-state index contributed by atoms with van der Waals surface area (Å²) in [6, 6.07) is 0. The minimum absolute atomic E-state index is 0.494. The fourth-order valence-corrected chi connectivity index (χ4v) is 5.33. The summed E-state index contributed by atoms with van der Waals surface area (Å²) in [4.78, 5) is 4.62. The summed E-state index contributed by atoms with van der Waals surface area (Å²) in [6.45, 7) is 3.14. The molecule has 1 aliphatic heterocycles. The first-order valence-corrected chi connectivity index (χ1v) is 7.69. The second-order valence-electron chi connectivity index (χ2n) is 7.28. The summed E-state index contributed by atoms with van der Waals surface area (Å²) in [5, 5.41) is 3.93. The van der Waals surface area contributed by atoms with E-state index in [-0.39, 0.29) is 0 Å². The zero-order valence-corrected chi connectivity index (χ0v) is 11.4. The normalized spacial score (nSPS) is 45.3. The van der Waals surface area contributed by atoms with Gasteiger partial charge in [0, 0.05) is 29.9 Å². The summed E-state index contributed by atoms with van der Waals surface area (Å²) >= 11 is 0. The maximum atomic E-state index is 4.62. The van der Waals surface area contributed by atoms with Crippen molar-refractivity contribution in [2.75, 3.05) is 6.54 Å². The third kappa shape index (κ3) is 1.85. The van der Waals surface area contributed by atoms with Gasteiger partial charge in [-0.2, -0.15) is 0 Å². The summed E-state index contributed by atoms with van der Waals surface area (Å²) in [7, 11) is 0. The fourth-order valence-electron chi connectivity index (χ4n) is 5.33. The lowest BCUT2D eigenvalue weighted by Crippen LogP contribution is -2.59. The predicted octanol–water partition coefficient (Wildman–Crippen LogP) is 3.29. The molecule has 98 valence electrons. The van der Waals surface area contributed by atoms with Gasteiger partial charge in [0.05, 0.1) is 0 Å². The molecule has 2 heteroatoms. The lowest BCUT2D eigenvalue weighted by Gasteiger charge is -2.57.